The zero-order valence-electron chi connectivity index (χ0n) is 9.77. The quantitative estimate of drug-likeness (QED) is 0.556. The van der Waals surface area contributed by atoms with Crippen molar-refractivity contribution in [1.82, 2.24) is 4.98 Å². The van der Waals surface area contributed by atoms with Gasteiger partial charge in [0.1, 0.15) is 5.82 Å². The molecule has 0 unspecified atom stereocenters. The Bertz CT molecular complexity index is 496. The number of aromatic nitrogens is 1. The lowest BCUT2D eigenvalue weighted by molar-refractivity contribution is 1.14. The van der Waals surface area contributed by atoms with Crippen LogP contribution in [0.15, 0.2) is 42.6 Å². The summed E-state index contributed by atoms with van der Waals surface area (Å²) in [4.78, 5) is 4.07. The van der Waals surface area contributed by atoms with Gasteiger partial charge in [0, 0.05) is 23.6 Å². The highest BCUT2D eigenvalue weighted by Gasteiger charge is 2.00. The van der Waals surface area contributed by atoms with Crippen molar-refractivity contribution >= 4 is 17.2 Å². The van der Waals surface area contributed by atoms with Crippen LogP contribution in [0.4, 0.5) is 17.2 Å². The molecule has 4 nitrogen and oxygen atoms in total. The summed E-state index contributed by atoms with van der Waals surface area (Å²) in [6.45, 7) is 2.14. The second-order valence-corrected chi connectivity index (χ2v) is 3.71. The number of para-hydroxylation sites is 1. The Labute approximate surface area is 101 Å². The number of aryl methyl sites for hydroxylation is 1. The van der Waals surface area contributed by atoms with E-state index in [1.807, 2.05) is 24.3 Å². The van der Waals surface area contributed by atoms with Gasteiger partial charge in [-0.3, -0.25) is 0 Å². The van der Waals surface area contributed by atoms with Crippen LogP contribution in [-0.2, 0) is 6.42 Å². The Morgan fingerprint density at radius 1 is 1.24 bits per heavy atom. The molecule has 1 aromatic carbocycles. The SMILES string of the molecule is CCc1ccccc1Nc1ccnc(NN)c1. The molecule has 4 N–H and O–H groups in total. The molecule has 2 rings (SSSR count). The van der Waals surface area contributed by atoms with Crippen LogP contribution < -0.4 is 16.6 Å². The number of anilines is 3. The molecule has 4 heteroatoms. The number of rotatable bonds is 4. The summed E-state index contributed by atoms with van der Waals surface area (Å²) < 4.78 is 0. The van der Waals surface area contributed by atoms with Gasteiger partial charge in [-0.2, -0.15) is 0 Å². The van der Waals surface area contributed by atoms with Crippen LogP contribution in [0.3, 0.4) is 0 Å². The normalized spacial score (nSPS) is 10.0. The van der Waals surface area contributed by atoms with Crippen molar-refractivity contribution in [3.05, 3.63) is 48.2 Å². The van der Waals surface area contributed by atoms with E-state index < -0.39 is 0 Å². The van der Waals surface area contributed by atoms with Crippen molar-refractivity contribution in [2.24, 2.45) is 5.84 Å². The van der Waals surface area contributed by atoms with Gasteiger partial charge in [-0.05, 0) is 24.1 Å². The molecule has 0 amide bonds. The number of nitrogens with zero attached hydrogens (tertiary/aromatic N) is 1. The zero-order chi connectivity index (χ0) is 12.1. The molecule has 1 aromatic heterocycles. The van der Waals surface area contributed by atoms with E-state index in [0.717, 1.165) is 17.8 Å². The second-order valence-electron chi connectivity index (χ2n) is 3.71. The van der Waals surface area contributed by atoms with Crippen molar-refractivity contribution < 1.29 is 0 Å². The topological polar surface area (TPSA) is 63.0 Å². The highest BCUT2D eigenvalue weighted by atomic mass is 15.2. The van der Waals surface area contributed by atoms with Crippen molar-refractivity contribution in [1.29, 1.82) is 0 Å². The van der Waals surface area contributed by atoms with Gasteiger partial charge in [0.25, 0.3) is 0 Å². The third kappa shape index (κ3) is 2.73. The Morgan fingerprint density at radius 3 is 2.82 bits per heavy atom. The number of nitrogens with two attached hydrogens (primary N) is 1. The molecule has 0 radical (unpaired) electrons. The summed E-state index contributed by atoms with van der Waals surface area (Å²) in [6, 6.07) is 12.0. The van der Waals surface area contributed by atoms with Gasteiger partial charge in [-0.25, -0.2) is 10.8 Å². The van der Waals surface area contributed by atoms with E-state index in [-0.39, 0.29) is 0 Å². The van der Waals surface area contributed by atoms with E-state index in [4.69, 9.17) is 5.84 Å². The van der Waals surface area contributed by atoms with Crippen LogP contribution >= 0.6 is 0 Å². The highest BCUT2D eigenvalue weighted by Crippen LogP contribution is 2.22. The van der Waals surface area contributed by atoms with Crippen molar-refractivity contribution in [2.75, 3.05) is 10.7 Å². The Kier molecular flexibility index (Phi) is 3.57. The lowest BCUT2D eigenvalue weighted by Gasteiger charge is -2.11. The fraction of sp³-hybridized carbons (Fsp3) is 0.154. The van der Waals surface area contributed by atoms with Gasteiger partial charge in [0.2, 0.25) is 0 Å². The fourth-order valence-electron chi connectivity index (χ4n) is 1.69. The minimum Gasteiger partial charge on any atom is -0.355 e. The van der Waals surface area contributed by atoms with Crippen molar-refractivity contribution in [3.63, 3.8) is 0 Å². The molecule has 2 aromatic rings. The molecular weight excluding hydrogens is 212 g/mol. The first kappa shape index (κ1) is 11.4. The number of hydrazine groups is 1. The number of nitrogen functional groups attached to an aromatic ring is 1. The minimum absolute atomic E-state index is 0.643. The maximum absolute atomic E-state index is 5.33. The smallest absolute Gasteiger partial charge is 0.141 e. The maximum Gasteiger partial charge on any atom is 0.141 e. The molecule has 0 bridgehead atoms. The van der Waals surface area contributed by atoms with Crippen LogP contribution in [0.2, 0.25) is 0 Å². The Hall–Kier alpha value is -2.07. The molecule has 1 heterocycles. The molecule has 0 aliphatic rings. The predicted molar refractivity (Wildman–Crippen MR) is 71.1 cm³/mol. The predicted octanol–water partition coefficient (Wildman–Crippen LogP) is 2.67. The average molecular weight is 228 g/mol. The fourth-order valence-corrected chi connectivity index (χ4v) is 1.69. The maximum atomic E-state index is 5.33. The van der Waals surface area contributed by atoms with E-state index in [9.17, 15) is 0 Å². The van der Waals surface area contributed by atoms with E-state index in [0.29, 0.717) is 5.82 Å². The third-order valence-corrected chi connectivity index (χ3v) is 2.59. The van der Waals surface area contributed by atoms with Crippen LogP contribution in [0.25, 0.3) is 0 Å². The number of nitrogens with one attached hydrogen (secondary N) is 2. The van der Waals surface area contributed by atoms with Gasteiger partial charge >= 0.3 is 0 Å². The highest BCUT2D eigenvalue weighted by molar-refractivity contribution is 5.65. The van der Waals surface area contributed by atoms with Gasteiger partial charge in [-0.1, -0.05) is 25.1 Å². The minimum atomic E-state index is 0.643. The first-order chi connectivity index (χ1) is 8.33. The Balaban J connectivity index is 2.24. The molecule has 17 heavy (non-hydrogen) atoms. The third-order valence-electron chi connectivity index (χ3n) is 2.59. The summed E-state index contributed by atoms with van der Waals surface area (Å²) >= 11 is 0. The average Bonchev–Trinajstić information content (AvgIpc) is 2.39. The number of pyridine rings is 1. The molecular formula is C13H16N4. The number of benzene rings is 1. The van der Waals surface area contributed by atoms with Crippen LogP contribution in [-0.4, -0.2) is 4.98 Å². The summed E-state index contributed by atoms with van der Waals surface area (Å²) in [5.74, 6) is 5.97. The van der Waals surface area contributed by atoms with Crippen molar-refractivity contribution in [2.45, 2.75) is 13.3 Å². The lowest BCUT2D eigenvalue weighted by atomic mass is 10.1. The number of hydrogen-bond acceptors (Lipinski definition) is 4. The zero-order valence-corrected chi connectivity index (χ0v) is 9.77. The summed E-state index contributed by atoms with van der Waals surface area (Å²) in [5.41, 5.74) is 5.90. The first-order valence-corrected chi connectivity index (χ1v) is 5.61. The van der Waals surface area contributed by atoms with Gasteiger partial charge in [0.05, 0.1) is 0 Å². The summed E-state index contributed by atoms with van der Waals surface area (Å²) in [7, 11) is 0. The van der Waals surface area contributed by atoms with Gasteiger partial charge in [0.15, 0.2) is 0 Å². The van der Waals surface area contributed by atoms with E-state index in [1.54, 1.807) is 6.20 Å². The summed E-state index contributed by atoms with van der Waals surface area (Å²) in [6.07, 6.45) is 2.71. The van der Waals surface area contributed by atoms with Crippen molar-refractivity contribution in [3.8, 4) is 0 Å². The Morgan fingerprint density at radius 2 is 2.06 bits per heavy atom. The summed E-state index contributed by atoms with van der Waals surface area (Å²) in [5, 5.41) is 3.36. The van der Waals surface area contributed by atoms with Crippen LogP contribution in [0.1, 0.15) is 12.5 Å². The molecule has 0 spiro atoms. The van der Waals surface area contributed by atoms with Crippen LogP contribution in [0.5, 0.6) is 0 Å². The molecule has 0 saturated heterocycles. The molecule has 0 aliphatic heterocycles. The first-order valence-electron chi connectivity index (χ1n) is 5.61. The largest absolute Gasteiger partial charge is 0.355 e. The van der Waals surface area contributed by atoms with E-state index >= 15 is 0 Å². The van der Waals surface area contributed by atoms with Gasteiger partial charge in [-0.15, -0.1) is 0 Å². The molecule has 0 saturated carbocycles. The lowest BCUT2D eigenvalue weighted by Crippen LogP contribution is -2.08. The van der Waals surface area contributed by atoms with E-state index in [2.05, 4.69) is 34.8 Å². The monoisotopic (exact) mass is 228 g/mol. The van der Waals surface area contributed by atoms with E-state index in [1.165, 1.54) is 5.56 Å². The van der Waals surface area contributed by atoms with Gasteiger partial charge < -0.3 is 10.7 Å². The molecule has 0 fully saturated rings. The second kappa shape index (κ2) is 5.32. The molecule has 0 aliphatic carbocycles. The molecule has 0 atom stereocenters. The van der Waals surface area contributed by atoms with Crippen LogP contribution in [0, 0.1) is 0 Å². The molecule has 88 valence electrons. The number of hydrogen-bond donors (Lipinski definition) is 3. The standard InChI is InChI=1S/C13H16N4/c1-2-10-5-3-4-6-12(10)16-11-7-8-15-13(9-11)17-14/h3-9H,2,14H2,1H3,(H2,15,16,17).